The van der Waals surface area contributed by atoms with Crippen LogP contribution >= 0.6 is 15.9 Å². The average molecular weight is 351 g/mol. The Balaban J connectivity index is 2.21. The van der Waals surface area contributed by atoms with Gasteiger partial charge in [0.05, 0.1) is 5.56 Å². The van der Waals surface area contributed by atoms with Gasteiger partial charge in [-0.05, 0) is 35.9 Å². The molecule has 0 bridgehead atoms. The van der Waals surface area contributed by atoms with Gasteiger partial charge in [-0.3, -0.25) is 0 Å². The van der Waals surface area contributed by atoms with Gasteiger partial charge in [-0.1, -0.05) is 33.2 Å². The summed E-state index contributed by atoms with van der Waals surface area (Å²) in [6, 6.07) is 10.3. The molecule has 3 nitrogen and oxygen atoms in total. The molecule has 0 radical (unpaired) electrons. The first kappa shape index (κ1) is 13.8. The summed E-state index contributed by atoms with van der Waals surface area (Å²) in [6.45, 7) is 0. The Kier molecular flexibility index (Phi) is 3.47. The van der Waals surface area contributed by atoms with Crippen LogP contribution in [-0.4, -0.2) is 5.16 Å². The van der Waals surface area contributed by atoms with E-state index in [0.717, 1.165) is 22.7 Å². The van der Waals surface area contributed by atoms with Crippen molar-refractivity contribution >= 4 is 21.8 Å². The van der Waals surface area contributed by atoms with E-state index in [4.69, 9.17) is 10.3 Å². The van der Waals surface area contributed by atoms with Crippen LogP contribution < -0.4 is 5.73 Å². The molecular formula is C15H9BrF2N2O. The summed E-state index contributed by atoms with van der Waals surface area (Å²) in [5.41, 5.74) is 7.10. The van der Waals surface area contributed by atoms with E-state index < -0.39 is 11.6 Å². The van der Waals surface area contributed by atoms with E-state index in [1.54, 1.807) is 12.1 Å². The van der Waals surface area contributed by atoms with Gasteiger partial charge in [-0.2, -0.15) is 0 Å². The van der Waals surface area contributed by atoms with E-state index in [0.29, 0.717) is 11.1 Å². The number of nitrogens with zero attached hydrogens (tertiary/aromatic N) is 1. The lowest BCUT2D eigenvalue weighted by molar-refractivity contribution is 0.439. The fourth-order valence-electron chi connectivity index (χ4n) is 2.06. The van der Waals surface area contributed by atoms with Crippen LogP contribution in [0.1, 0.15) is 0 Å². The van der Waals surface area contributed by atoms with Crippen LogP contribution in [0.2, 0.25) is 0 Å². The predicted molar refractivity (Wildman–Crippen MR) is 79.4 cm³/mol. The monoisotopic (exact) mass is 350 g/mol. The second kappa shape index (κ2) is 5.29. The number of halogens is 3. The highest BCUT2D eigenvalue weighted by Gasteiger charge is 2.20. The molecule has 0 unspecified atom stereocenters. The lowest BCUT2D eigenvalue weighted by Gasteiger charge is -2.04. The molecule has 0 spiro atoms. The number of benzene rings is 2. The second-order valence-electron chi connectivity index (χ2n) is 4.40. The maximum Gasteiger partial charge on any atom is 0.230 e. The molecule has 1 aromatic heterocycles. The Morgan fingerprint density at radius 1 is 1.05 bits per heavy atom. The molecule has 2 aromatic carbocycles. The van der Waals surface area contributed by atoms with Crippen LogP contribution in [-0.2, 0) is 0 Å². The van der Waals surface area contributed by atoms with Gasteiger partial charge in [0.25, 0.3) is 0 Å². The third-order valence-corrected chi connectivity index (χ3v) is 3.56. The topological polar surface area (TPSA) is 52.0 Å². The molecular weight excluding hydrogens is 342 g/mol. The maximum atomic E-state index is 13.9. The van der Waals surface area contributed by atoms with Crippen LogP contribution in [0, 0.1) is 11.6 Å². The molecule has 0 aliphatic carbocycles. The van der Waals surface area contributed by atoms with E-state index in [9.17, 15) is 8.78 Å². The van der Waals surface area contributed by atoms with Gasteiger partial charge in [0, 0.05) is 10.0 Å². The summed E-state index contributed by atoms with van der Waals surface area (Å²) in [5.74, 6) is -1.10. The molecule has 1 heterocycles. The van der Waals surface area contributed by atoms with Crippen LogP contribution in [0.4, 0.5) is 14.7 Å². The molecule has 2 N–H and O–H groups in total. The molecule has 0 aliphatic rings. The summed E-state index contributed by atoms with van der Waals surface area (Å²) < 4.78 is 33.1. The third-order valence-electron chi connectivity index (χ3n) is 3.03. The van der Waals surface area contributed by atoms with Crippen molar-refractivity contribution in [3.8, 4) is 22.4 Å². The van der Waals surface area contributed by atoms with E-state index in [1.807, 2.05) is 12.1 Å². The number of aromatic nitrogens is 1. The molecule has 0 saturated heterocycles. The summed E-state index contributed by atoms with van der Waals surface area (Å²) in [6.07, 6.45) is 0. The largest absolute Gasteiger partial charge is 0.367 e. The Morgan fingerprint density at radius 2 is 1.76 bits per heavy atom. The molecule has 0 atom stereocenters. The highest BCUT2D eigenvalue weighted by atomic mass is 79.9. The zero-order valence-corrected chi connectivity index (χ0v) is 12.2. The standard InChI is InChI=1S/C15H9BrF2N2O/c16-9-3-1-8(2-4-9)13-14(20-21-15(13)19)11-7-10(17)5-6-12(11)18/h1-7H,19H2. The molecule has 6 heteroatoms. The van der Waals surface area contributed by atoms with E-state index in [2.05, 4.69) is 21.1 Å². The van der Waals surface area contributed by atoms with Crippen molar-refractivity contribution in [3.63, 3.8) is 0 Å². The van der Waals surface area contributed by atoms with Gasteiger partial charge in [0.2, 0.25) is 5.88 Å². The number of hydrogen-bond acceptors (Lipinski definition) is 3. The first-order valence-electron chi connectivity index (χ1n) is 6.03. The number of nitrogens with two attached hydrogens (primary N) is 1. The predicted octanol–water partition coefficient (Wildman–Crippen LogP) is 4.63. The highest BCUT2D eigenvalue weighted by Crippen LogP contribution is 2.37. The van der Waals surface area contributed by atoms with Crippen molar-refractivity contribution in [1.82, 2.24) is 5.16 Å². The summed E-state index contributed by atoms with van der Waals surface area (Å²) in [4.78, 5) is 0. The zero-order chi connectivity index (χ0) is 15.0. The average Bonchev–Trinajstić information content (AvgIpc) is 2.84. The van der Waals surface area contributed by atoms with Crippen molar-refractivity contribution in [3.05, 3.63) is 58.6 Å². The summed E-state index contributed by atoms with van der Waals surface area (Å²) >= 11 is 3.33. The Hall–Kier alpha value is -2.21. The first-order chi connectivity index (χ1) is 10.1. The molecule has 0 amide bonds. The molecule has 21 heavy (non-hydrogen) atoms. The fraction of sp³-hybridized carbons (Fsp3) is 0. The highest BCUT2D eigenvalue weighted by molar-refractivity contribution is 9.10. The quantitative estimate of drug-likeness (QED) is 0.732. The van der Waals surface area contributed by atoms with Gasteiger partial charge < -0.3 is 10.3 Å². The number of nitrogen functional groups attached to an aromatic ring is 1. The minimum Gasteiger partial charge on any atom is -0.367 e. The van der Waals surface area contributed by atoms with Crippen molar-refractivity contribution in [1.29, 1.82) is 0 Å². The SMILES string of the molecule is Nc1onc(-c2cc(F)ccc2F)c1-c1ccc(Br)cc1. The third kappa shape index (κ3) is 2.54. The smallest absolute Gasteiger partial charge is 0.230 e. The molecule has 3 rings (SSSR count). The normalized spacial score (nSPS) is 10.8. The number of hydrogen-bond donors (Lipinski definition) is 1. The molecule has 0 fully saturated rings. The van der Waals surface area contributed by atoms with Crippen LogP contribution in [0.3, 0.4) is 0 Å². The minimum absolute atomic E-state index is 0.00775. The lowest BCUT2D eigenvalue weighted by atomic mass is 10.0. The molecule has 3 aromatic rings. The first-order valence-corrected chi connectivity index (χ1v) is 6.82. The molecule has 0 aliphatic heterocycles. The van der Waals surface area contributed by atoms with Gasteiger partial charge in [0.15, 0.2) is 0 Å². The van der Waals surface area contributed by atoms with Gasteiger partial charge >= 0.3 is 0 Å². The minimum atomic E-state index is -0.594. The Morgan fingerprint density at radius 3 is 2.48 bits per heavy atom. The van der Waals surface area contributed by atoms with Gasteiger partial charge in [0.1, 0.15) is 17.3 Å². The van der Waals surface area contributed by atoms with E-state index in [1.165, 1.54) is 0 Å². The lowest BCUT2D eigenvalue weighted by Crippen LogP contribution is -1.91. The van der Waals surface area contributed by atoms with Crippen molar-refractivity contribution in [2.24, 2.45) is 0 Å². The summed E-state index contributed by atoms with van der Waals surface area (Å²) in [7, 11) is 0. The van der Waals surface area contributed by atoms with E-state index in [-0.39, 0.29) is 17.1 Å². The van der Waals surface area contributed by atoms with Gasteiger partial charge in [-0.25, -0.2) is 8.78 Å². The van der Waals surface area contributed by atoms with Crippen LogP contribution in [0.25, 0.3) is 22.4 Å². The van der Waals surface area contributed by atoms with Crippen molar-refractivity contribution < 1.29 is 13.3 Å². The fourth-order valence-corrected chi connectivity index (χ4v) is 2.33. The number of anilines is 1. The van der Waals surface area contributed by atoms with Gasteiger partial charge in [-0.15, -0.1) is 0 Å². The molecule has 106 valence electrons. The Labute approximate surface area is 127 Å². The van der Waals surface area contributed by atoms with Crippen LogP contribution in [0.5, 0.6) is 0 Å². The Bertz CT molecular complexity index is 800. The van der Waals surface area contributed by atoms with E-state index >= 15 is 0 Å². The maximum absolute atomic E-state index is 13.9. The number of rotatable bonds is 2. The van der Waals surface area contributed by atoms with Crippen molar-refractivity contribution in [2.75, 3.05) is 5.73 Å². The summed E-state index contributed by atoms with van der Waals surface area (Å²) in [5, 5.41) is 3.77. The van der Waals surface area contributed by atoms with Crippen LogP contribution in [0.15, 0.2) is 51.5 Å². The zero-order valence-electron chi connectivity index (χ0n) is 10.6. The second-order valence-corrected chi connectivity index (χ2v) is 5.32. The molecule has 0 saturated carbocycles. The van der Waals surface area contributed by atoms with Crippen molar-refractivity contribution in [2.45, 2.75) is 0 Å².